The van der Waals surface area contributed by atoms with Crippen LogP contribution in [0.4, 0.5) is 34.1 Å². The Labute approximate surface area is 505 Å². The van der Waals surface area contributed by atoms with E-state index in [1.54, 1.807) is 49.1 Å². The number of hydrogen-bond acceptors (Lipinski definition) is 18. The van der Waals surface area contributed by atoms with E-state index >= 15 is 0 Å². The quantitative estimate of drug-likeness (QED) is 0.0134. The van der Waals surface area contributed by atoms with Crippen molar-refractivity contribution in [2.75, 3.05) is 43.4 Å². The zero-order valence-electron chi connectivity index (χ0n) is 47.5. The summed E-state index contributed by atoms with van der Waals surface area (Å²) in [6.07, 6.45) is 10.7. The van der Waals surface area contributed by atoms with Gasteiger partial charge < -0.3 is 51.3 Å². The maximum atomic E-state index is 13.4. The van der Waals surface area contributed by atoms with Crippen molar-refractivity contribution >= 4 is 90.9 Å². The fourth-order valence-electron chi connectivity index (χ4n) is 11.1. The highest BCUT2D eigenvalue weighted by molar-refractivity contribution is 6.40. The molecule has 23 nitrogen and oxygen atoms in total. The van der Waals surface area contributed by atoms with Crippen LogP contribution in [0.15, 0.2) is 207 Å². The number of benzene rings is 6. The molecule has 2 atom stereocenters. The number of non-ortho nitro benzene ring substituents is 2. The van der Waals surface area contributed by atoms with E-state index < -0.39 is 44.6 Å². The van der Waals surface area contributed by atoms with E-state index in [1.165, 1.54) is 38.5 Å². The lowest BCUT2D eigenvalue weighted by atomic mass is 9.82. The highest BCUT2D eigenvalue weighted by Crippen LogP contribution is 2.49. The molecule has 12 aromatic rings. The molecule has 0 saturated heterocycles. The maximum absolute atomic E-state index is 13.4. The van der Waals surface area contributed by atoms with Crippen LogP contribution in [-0.2, 0) is 39.7 Å². The zero-order chi connectivity index (χ0) is 62.6. The van der Waals surface area contributed by atoms with Crippen molar-refractivity contribution in [1.82, 2.24) is 29.9 Å². The number of nitrogens with zero attached hydrogens (tertiary/aromatic N) is 5. The van der Waals surface area contributed by atoms with E-state index in [-0.39, 0.29) is 16.9 Å². The number of H-pyrrole nitrogens is 3. The number of para-hydroxylation sites is 3. The number of aromatic amines is 3. The molecule has 0 radical (unpaired) electrons. The first-order chi connectivity index (χ1) is 43.1. The lowest BCUT2D eigenvalue weighted by molar-refractivity contribution is -0.385. The summed E-state index contributed by atoms with van der Waals surface area (Å²) in [7, 11) is 3.81. The Bertz CT molecular complexity index is 4720. The van der Waals surface area contributed by atoms with Gasteiger partial charge in [0, 0.05) is 134 Å². The van der Waals surface area contributed by atoms with Crippen molar-refractivity contribution in [3.8, 4) is 33.4 Å². The third-order valence-electron chi connectivity index (χ3n) is 15.3. The number of esters is 3. The number of fused-ring (bicyclic) bond motifs is 5. The number of ketones is 1. The molecule has 9 N–H and O–H groups in total. The van der Waals surface area contributed by atoms with E-state index in [9.17, 15) is 39.4 Å². The number of nitrogens with one attached hydrogen (secondary N) is 5. The molecule has 0 spiro atoms. The predicted octanol–water partition coefficient (Wildman–Crippen LogP) is 11.4. The fourth-order valence-corrected chi connectivity index (χ4v) is 11.1. The number of aromatic nitrogens is 6. The van der Waals surface area contributed by atoms with E-state index in [1.807, 2.05) is 122 Å². The number of carbonyl (C=O) groups is 4. The molecule has 2 unspecified atom stereocenters. The Morgan fingerprint density at radius 3 is 1.38 bits per heavy atom. The highest BCUT2D eigenvalue weighted by atomic mass is 16.6. The Morgan fingerprint density at radius 2 is 0.910 bits per heavy atom. The van der Waals surface area contributed by atoms with Crippen LogP contribution >= 0.6 is 0 Å². The molecule has 23 heteroatoms. The van der Waals surface area contributed by atoms with E-state index in [2.05, 4.69) is 45.3 Å². The minimum Gasteiger partial charge on any atom is -0.467 e. The lowest BCUT2D eigenvalue weighted by Gasteiger charge is -2.33. The van der Waals surface area contributed by atoms with Gasteiger partial charge in [-0.05, 0) is 107 Å². The van der Waals surface area contributed by atoms with Gasteiger partial charge in [-0.1, -0.05) is 66.7 Å². The Balaban J connectivity index is 0.000000128. The number of nitro benzene ring substituents is 2. The topological polar surface area (TPSA) is 344 Å². The van der Waals surface area contributed by atoms with Crippen LogP contribution in [0, 0.1) is 20.2 Å². The number of Topliss-reactive ketones (excluding diaryl/α,β-unsaturated/α-hetero) is 1. The normalized spacial score (nSPS) is 14.7. The zero-order valence-corrected chi connectivity index (χ0v) is 47.5. The van der Waals surface area contributed by atoms with Crippen LogP contribution in [0.1, 0.15) is 32.6 Å². The molecule has 2 aliphatic rings. The van der Waals surface area contributed by atoms with Gasteiger partial charge in [0.1, 0.15) is 16.9 Å². The van der Waals surface area contributed by atoms with Gasteiger partial charge >= 0.3 is 17.9 Å². The first kappa shape index (κ1) is 58.3. The maximum Gasteiger partial charge on any atom is 0.379 e. The van der Waals surface area contributed by atoms with Gasteiger partial charge in [0.05, 0.1) is 31.2 Å². The largest absolute Gasteiger partial charge is 0.467 e. The molecule has 14 rings (SSSR count). The number of nitrogens with two attached hydrogens (primary N) is 2. The SMILES string of the molecule is COC(=O)C(=O)c1ccc([N+](=O)[O-])cc1.COC(=O)C1(c2ccc(N)cc2)Nc2ccccc2-c2ccnc3[nH]cc1c23.COC(=O)C1(c2ccc([N+](=O)[O-])cc2)Nc2ccccc2-c2ccnc3[nH]cc1c23.Nc1ccccc1-c1ccnc2[nH]ccc12. The molecule has 0 fully saturated rings. The molecule has 0 saturated carbocycles. The third-order valence-corrected chi connectivity index (χ3v) is 15.3. The van der Waals surface area contributed by atoms with E-state index in [0.717, 1.165) is 108 Å². The van der Waals surface area contributed by atoms with Crippen molar-refractivity contribution < 1.29 is 43.2 Å². The Kier molecular flexibility index (Phi) is 15.8. The number of anilines is 4. The van der Waals surface area contributed by atoms with Gasteiger partial charge in [0.25, 0.3) is 17.2 Å². The summed E-state index contributed by atoms with van der Waals surface area (Å²) in [6.45, 7) is 0. The van der Waals surface area contributed by atoms with Crippen molar-refractivity contribution in [2.45, 2.75) is 11.1 Å². The van der Waals surface area contributed by atoms with Gasteiger partial charge in [-0.15, -0.1) is 0 Å². The van der Waals surface area contributed by atoms with Crippen LogP contribution in [0.5, 0.6) is 0 Å². The van der Waals surface area contributed by atoms with Crippen LogP contribution in [0.3, 0.4) is 0 Å². The van der Waals surface area contributed by atoms with Crippen molar-refractivity contribution in [3.63, 3.8) is 0 Å². The van der Waals surface area contributed by atoms with Crippen LogP contribution in [0.2, 0.25) is 0 Å². The predicted molar refractivity (Wildman–Crippen MR) is 335 cm³/mol. The van der Waals surface area contributed by atoms with Gasteiger partial charge in [0.15, 0.2) is 11.1 Å². The second-order valence-corrected chi connectivity index (χ2v) is 20.1. The molecule has 2 aliphatic heterocycles. The van der Waals surface area contributed by atoms with Crippen molar-refractivity contribution in [3.05, 3.63) is 255 Å². The summed E-state index contributed by atoms with van der Waals surface area (Å²) in [4.78, 5) is 91.7. The smallest absolute Gasteiger partial charge is 0.379 e. The van der Waals surface area contributed by atoms with Crippen LogP contribution < -0.4 is 22.1 Å². The number of ether oxygens (including phenoxy) is 3. The molecule has 8 heterocycles. The Morgan fingerprint density at radius 1 is 0.472 bits per heavy atom. The van der Waals surface area contributed by atoms with Crippen molar-refractivity contribution in [2.24, 2.45) is 0 Å². The Hall–Kier alpha value is -12.5. The summed E-state index contributed by atoms with van der Waals surface area (Å²) in [5.74, 6) is -2.77. The molecule has 0 amide bonds. The van der Waals surface area contributed by atoms with Gasteiger partial charge in [-0.3, -0.25) is 25.0 Å². The fraction of sp³-hybridized carbons (Fsp3) is 0.0758. The number of pyridine rings is 3. The molecule has 89 heavy (non-hydrogen) atoms. The number of nitro groups is 2. The minimum atomic E-state index is -1.42. The third kappa shape index (κ3) is 10.6. The lowest BCUT2D eigenvalue weighted by Crippen LogP contribution is -2.45. The average Bonchev–Trinajstić information content (AvgIpc) is 1.63. The number of methoxy groups -OCH3 is 3. The van der Waals surface area contributed by atoms with Crippen LogP contribution in [-0.4, -0.2) is 84.8 Å². The average molecular weight is 1190 g/mol. The molecule has 442 valence electrons. The summed E-state index contributed by atoms with van der Waals surface area (Å²) < 4.78 is 14.8. The second-order valence-electron chi connectivity index (χ2n) is 20.1. The number of carbonyl (C=O) groups excluding carboxylic acids is 4. The van der Waals surface area contributed by atoms with Gasteiger partial charge in [-0.25, -0.2) is 29.3 Å². The molecule has 0 bridgehead atoms. The van der Waals surface area contributed by atoms with E-state index in [0.29, 0.717) is 22.5 Å². The molecular weight excluding hydrogens is 1140 g/mol. The molecule has 6 aromatic heterocycles. The molecular formula is C66H52N12O11. The van der Waals surface area contributed by atoms with Gasteiger partial charge in [-0.2, -0.15) is 0 Å². The monoisotopic (exact) mass is 1190 g/mol. The van der Waals surface area contributed by atoms with Crippen molar-refractivity contribution in [1.29, 1.82) is 0 Å². The summed E-state index contributed by atoms with van der Waals surface area (Å²) in [6, 6.07) is 49.2. The number of rotatable bonds is 9. The van der Waals surface area contributed by atoms with Crippen LogP contribution in [0.25, 0.3) is 66.5 Å². The first-order valence-electron chi connectivity index (χ1n) is 27.2. The summed E-state index contributed by atoms with van der Waals surface area (Å²) >= 11 is 0. The van der Waals surface area contributed by atoms with E-state index in [4.69, 9.17) is 20.9 Å². The first-order valence-corrected chi connectivity index (χ1v) is 27.2. The number of nitrogen functional groups attached to an aromatic ring is 2. The minimum absolute atomic E-state index is 0.0610. The summed E-state index contributed by atoms with van der Waals surface area (Å²) in [5.41, 5.74) is 23.0. The highest BCUT2D eigenvalue weighted by Gasteiger charge is 2.49. The second kappa shape index (κ2) is 24.2. The van der Waals surface area contributed by atoms with Gasteiger partial charge in [0.2, 0.25) is 0 Å². The molecule has 0 aliphatic carbocycles. The standard InChI is InChI=1S/C22H16N4O4.C22H18N4O2.C13H11N3.C9H7NO5/c1-30-21(27)22(13-6-8-14(9-7-13)26(28)29)17-12-24-20-19(17)16(10-11-23-20)15-4-2-3-5-18(15)25-22;1-28-21(27)22(13-6-8-14(23)9-7-13)17-12-25-20-19(17)16(10-11-24-20)15-4-2-3-5-18(15)26-22;14-12-4-2-1-3-10(12)9-5-7-15-13-11(9)6-8-16-13;1-15-9(12)8(11)6-2-4-7(5-3-6)10(13)14/h2-12,25H,1H3,(H,23,24);2-12,26H,23H2,1H3,(H,24,25);1-8H,14H2,(H,15,16);2-5H,1H3. The number of hydrogen-bond donors (Lipinski definition) is 7. The molecule has 6 aromatic carbocycles. The summed E-state index contributed by atoms with van der Waals surface area (Å²) in [5, 5.41) is 31.1.